The maximum Gasteiger partial charge on any atom is 0.252 e. The number of amides is 1. The van der Waals surface area contributed by atoms with E-state index in [1.807, 2.05) is 16.6 Å². The molecule has 0 bridgehead atoms. The maximum absolute atomic E-state index is 12.1. The third kappa shape index (κ3) is 2.58. The highest BCUT2D eigenvalue weighted by atomic mass is 16.3. The van der Waals surface area contributed by atoms with Crippen LogP contribution in [0.25, 0.3) is 17.0 Å². The van der Waals surface area contributed by atoms with Crippen molar-refractivity contribution in [1.82, 2.24) is 24.9 Å². The molecule has 3 aromatic rings. The second kappa shape index (κ2) is 6.80. The fraction of sp³-hybridized carbons (Fsp3) is 0.556. The van der Waals surface area contributed by atoms with Crippen molar-refractivity contribution in [2.45, 2.75) is 70.3 Å². The number of nitrogens with one attached hydrogen (secondary N) is 1. The van der Waals surface area contributed by atoms with E-state index < -0.39 is 0 Å². The average Bonchev–Trinajstić information content (AvgIpc) is 3.41. The Morgan fingerprint density at radius 2 is 1.91 bits per heavy atom. The maximum atomic E-state index is 12.1. The Morgan fingerprint density at radius 1 is 1.09 bits per heavy atom. The van der Waals surface area contributed by atoms with Crippen molar-refractivity contribution >= 4 is 11.7 Å². The van der Waals surface area contributed by atoms with Crippen LogP contribution in [-0.4, -0.2) is 36.6 Å². The highest BCUT2D eigenvalue weighted by Gasteiger charge is 2.60. The van der Waals surface area contributed by atoms with Crippen LogP contribution in [-0.2, 0) is 16.6 Å². The van der Waals surface area contributed by atoms with Gasteiger partial charge in [-0.3, -0.25) is 4.79 Å². The molecule has 0 spiro atoms. The summed E-state index contributed by atoms with van der Waals surface area (Å²) in [7, 11) is 0. The van der Waals surface area contributed by atoms with E-state index in [4.69, 9.17) is 4.98 Å². The highest BCUT2D eigenvalue weighted by molar-refractivity contribution is 5.77. The molecule has 0 radical (unpaired) electrons. The standard InChI is InChI=1S/C27H31N5O2/c1-26-12-10-22(34)30-21(26)8-7-17-19(26)9-11-27(2)20(17)13-18-23(15-3-5-16(33)6-4-15)32-25(28-14-29-32)31-24(18)27/h3-6,14,17,19-21,33H,7-13H2,1-2H3,(H,30,34)/t17-,19+,20+,21-,26-,27+/m1/s1. The fourth-order valence-corrected chi connectivity index (χ4v) is 8.37. The first kappa shape index (κ1) is 20.4. The lowest BCUT2D eigenvalue weighted by Crippen LogP contribution is -2.61. The average molecular weight is 458 g/mol. The molecule has 4 aliphatic rings. The van der Waals surface area contributed by atoms with Gasteiger partial charge in [-0.05, 0) is 86.0 Å². The van der Waals surface area contributed by atoms with Gasteiger partial charge in [0.2, 0.25) is 5.91 Å². The number of benzene rings is 1. The van der Waals surface area contributed by atoms with Gasteiger partial charge in [0.1, 0.15) is 12.1 Å². The Balaban J connectivity index is 1.34. The summed E-state index contributed by atoms with van der Waals surface area (Å²) >= 11 is 0. The molecule has 3 heterocycles. The molecule has 176 valence electrons. The summed E-state index contributed by atoms with van der Waals surface area (Å²) in [6.07, 6.45) is 8.81. The fourth-order valence-electron chi connectivity index (χ4n) is 8.37. The predicted molar refractivity (Wildman–Crippen MR) is 127 cm³/mol. The second-order valence-corrected chi connectivity index (χ2v) is 11.5. The van der Waals surface area contributed by atoms with Crippen LogP contribution in [0.3, 0.4) is 0 Å². The SMILES string of the molecule is C[C@]12CCC(=O)N[C@@H]1CC[C@@H]1[C@@H]2CC[C@]2(C)c3nc4ncnn4c(-c4ccc(O)cc4)c3C[C@@H]12. The number of fused-ring (bicyclic) bond motifs is 8. The minimum absolute atomic E-state index is 0.0248. The molecule has 1 aliphatic heterocycles. The van der Waals surface area contributed by atoms with E-state index in [9.17, 15) is 9.90 Å². The number of hydrogen-bond donors (Lipinski definition) is 2. The molecule has 2 N–H and O–H groups in total. The number of nitrogens with zero attached hydrogens (tertiary/aromatic N) is 4. The monoisotopic (exact) mass is 457 g/mol. The minimum Gasteiger partial charge on any atom is -0.508 e. The summed E-state index contributed by atoms with van der Waals surface area (Å²) < 4.78 is 1.87. The zero-order chi connectivity index (χ0) is 23.2. The molecule has 1 aromatic carbocycles. The van der Waals surface area contributed by atoms with Gasteiger partial charge >= 0.3 is 0 Å². The van der Waals surface area contributed by atoms with Crippen LogP contribution >= 0.6 is 0 Å². The first-order valence-corrected chi connectivity index (χ1v) is 12.7. The van der Waals surface area contributed by atoms with Gasteiger partial charge in [-0.25, -0.2) is 4.98 Å². The van der Waals surface area contributed by atoms with Gasteiger partial charge in [0.25, 0.3) is 5.78 Å². The summed E-state index contributed by atoms with van der Waals surface area (Å²) in [5.74, 6) is 2.95. The van der Waals surface area contributed by atoms with E-state index >= 15 is 0 Å². The molecule has 2 saturated carbocycles. The molecule has 7 rings (SSSR count). The number of phenols is 1. The molecule has 6 atom stereocenters. The molecule has 3 aliphatic carbocycles. The Labute approximate surface area is 199 Å². The molecule has 1 saturated heterocycles. The number of carbonyl (C=O) groups is 1. The van der Waals surface area contributed by atoms with E-state index in [0.29, 0.717) is 36.0 Å². The van der Waals surface area contributed by atoms with Crippen molar-refractivity contribution in [3.8, 4) is 17.0 Å². The molecule has 34 heavy (non-hydrogen) atoms. The van der Waals surface area contributed by atoms with Gasteiger partial charge in [0.15, 0.2) is 0 Å². The van der Waals surface area contributed by atoms with Crippen molar-refractivity contribution in [3.63, 3.8) is 0 Å². The number of carbonyl (C=O) groups excluding carboxylic acids is 1. The van der Waals surface area contributed by atoms with Crippen LogP contribution < -0.4 is 5.32 Å². The van der Waals surface area contributed by atoms with Crippen molar-refractivity contribution in [2.75, 3.05) is 0 Å². The topological polar surface area (TPSA) is 92.4 Å². The van der Waals surface area contributed by atoms with Crippen molar-refractivity contribution in [3.05, 3.63) is 41.9 Å². The lowest BCUT2D eigenvalue weighted by atomic mass is 9.47. The summed E-state index contributed by atoms with van der Waals surface area (Å²) in [5, 5.41) is 17.7. The summed E-state index contributed by atoms with van der Waals surface area (Å²) in [4.78, 5) is 21.7. The van der Waals surface area contributed by atoms with Crippen molar-refractivity contribution < 1.29 is 9.90 Å². The number of piperidine rings is 1. The quantitative estimate of drug-likeness (QED) is 0.576. The predicted octanol–water partition coefficient (Wildman–Crippen LogP) is 4.03. The molecule has 3 fully saturated rings. The molecular formula is C27H31N5O2. The van der Waals surface area contributed by atoms with Crippen LogP contribution in [0, 0.1) is 23.2 Å². The lowest BCUT2D eigenvalue weighted by Gasteiger charge is -2.59. The van der Waals surface area contributed by atoms with Gasteiger partial charge in [0.05, 0.1) is 11.4 Å². The first-order valence-electron chi connectivity index (χ1n) is 12.7. The summed E-state index contributed by atoms with van der Waals surface area (Å²) in [6, 6.07) is 7.74. The zero-order valence-electron chi connectivity index (χ0n) is 19.8. The Bertz CT molecular complexity index is 1320. The third-order valence-electron chi connectivity index (χ3n) is 10.1. The van der Waals surface area contributed by atoms with E-state index in [0.717, 1.165) is 36.9 Å². The smallest absolute Gasteiger partial charge is 0.252 e. The Morgan fingerprint density at radius 3 is 2.74 bits per heavy atom. The normalized spacial score (nSPS) is 36.4. The molecule has 0 unspecified atom stereocenters. The van der Waals surface area contributed by atoms with Crippen molar-refractivity contribution in [2.24, 2.45) is 23.2 Å². The van der Waals surface area contributed by atoms with Crippen LogP contribution in [0.4, 0.5) is 0 Å². The number of aromatic nitrogens is 4. The van der Waals surface area contributed by atoms with Gasteiger partial charge in [-0.15, -0.1) is 0 Å². The minimum atomic E-state index is 0.0248. The Hall–Kier alpha value is -2.96. The van der Waals surface area contributed by atoms with Crippen molar-refractivity contribution in [1.29, 1.82) is 0 Å². The first-order chi connectivity index (χ1) is 16.4. The molecule has 7 nitrogen and oxygen atoms in total. The number of hydrogen-bond acceptors (Lipinski definition) is 5. The van der Waals surface area contributed by atoms with Gasteiger partial charge < -0.3 is 10.4 Å². The molecular weight excluding hydrogens is 426 g/mol. The number of phenolic OH excluding ortho intramolecular Hbond substituents is 1. The van der Waals surface area contributed by atoms with E-state index in [2.05, 4.69) is 29.2 Å². The van der Waals surface area contributed by atoms with Gasteiger partial charge in [-0.2, -0.15) is 14.6 Å². The van der Waals surface area contributed by atoms with E-state index in [1.54, 1.807) is 18.5 Å². The summed E-state index contributed by atoms with van der Waals surface area (Å²) in [5.41, 5.74) is 4.81. The Kier molecular flexibility index (Phi) is 4.08. The largest absolute Gasteiger partial charge is 0.508 e. The molecule has 1 amide bonds. The number of rotatable bonds is 1. The molecule has 7 heteroatoms. The van der Waals surface area contributed by atoms with Crippen LogP contribution in [0.15, 0.2) is 30.6 Å². The lowest BCUT2D eigenvalue weighted by molar-refractivity contribution is -0.134. The van der Waals surface area contributed by atoms with Gasteiger partial charge in [-0.1, -0.05) is 13.8 Å². The third-order valence-corrected chi connectivity index (χ3v) is 10.1. The number of aromatic hydroxyl groups is 1. The van der Waals surface area contributed by atoms with Crippen LogP contribution in [0.2, 0.25) is 0 Å². The second-order valence-electron chi connectivity index (χ2n) is 11.5. The van der Waals surface area contributed by atoms with E-state index in [1.165, 1.54) is 24.1 Å². The van der Waals surface area contributed by atoms with E-state index in [-0.39, 0.29) is 22.5 Å². The summed E-state index contributed by atoms with van der Waals surface area (Å²) in [6.45, 7) is 4.87. The molecule has 2 aromatic heterocycles. The highest BCUT2D eigenvalue weighted by Crippen LogP contribution is 2.63. The zero-order valence-corrected chi connectivity index (χ0v) is 19.8. The van der Waals surface area contributed by atoms with Crippen LogP contribution in [0.5, 0.6) is 5.75 Å². The van der Waals surface area contributed by atoms with Crippen LogP contribution in [0.1, 0.15) is 63.6 Å². The van der Waals surface area contributed by atoms with Gasteiger partial charge in [0, 0.05) is 29.0 Å².